The third-order valence-corrected chi connectivity index (χ3v) is 6.21. The monoisotopic (exact) mass is 360 g/mol. The number of carbonyl (C=O) groups excluding carboxylic acids is 1. The minimum absolute atomic E-state index is 0.317. The molecule has 0 aliphatic carbocycles. The van der Waals surface area contributed by atoms with Gasteiger partial charge in [0.05, 0.1) is 6.61 Å². The third kappa shape index (κ3) is 11.4. The van der Waals surface area contributed by atoms with E-state index in [9.17, 15) is 4.79 Å². The number of hydrogen-bond acceptors (Lipinski definition) is 4. The number of hydrogen-bond donors (Lipinski definition) is 0. The molecule has 2 radical (unpaired) electrons. The van der Waals surface area contributed by atoms with E-state index in [4.69, 9.17) is 13.6 Å². The Kier molecular flexibility index (Phi) is 8.50. The van der Waals surface area contributed by atoms with Gasteiger partial charge in [-0.15, -0.1) is 0 Å². The van der Waals surface area contributed by atoms with Crippen molar-refractivity contribution in [3.63, 3.8) is 0 Å². The van der Waals surface area contributed by atoms with Crippen LogP contribution < -0.4 is 0 Å². The van der Waals surface area contributed by atoms with Crippen LogP contribution >= 0.6 is 0 Å². The first-order chi connectivity index (χ1) is 9.74. The van der Waals surface area contributed by atoms with Gasteiger partial charge in [0.2, 0.25) is 0 Å². The normalized spacial score (nSPS) is 13.1. The van der Waals surface area contributed by atoms with Crippen LogP contribution in [0.5, 0.6) is 0 Å². The predicted molar refractivity (Wildman–Crippen MR) is 98.2 cm³/mol. The van der Waals surface area contributed by atoms with Crippen LogP contribution in [0.1, 0.15) is 20.3 Å². The fourth-order valence-electron chi connectivity index (χ4n) is 1.94. The lowest BCUT2D eigenvalue weighted by Crippen LogP contribution is -2.52. The minimum atomic E-state index is -1.69. The van der Waals surface area contributed by atoms with Crippen LogP contribution in [0.4, 0.5) is 0 Å². The van der Waals surface area contributed by atoms with E-state index in [1.54, 1.807) is 6.92 Å². The summed E-state index contributed by atoms with van der Waals surface area (Å²) in [7, 11) is -2.84. The van der Waals surface area contributed by atoms with Gasteiger partial charge < -0.3 is 13.6 Å². The lowest BCUT2D eigenvalue weighted by Gasteiger charge is -2.40. The molecular weight excluding hydrogens is 328 g/mol. The summed E-state index contributed by atoms with van der Waals surface area (Å²) in [5.41, 5.74) is -0.0655. The fraction of sp³-hybridized carbons (Fsp3) is 0.800. The first-order valence-corrected chi connectivity index (χ1v) is 15.7. The second-order valence-corrected chi connectivity index (χ2v) is 18.2. The summed E-state index contributed by atoms with van der Waals surface area (Å²) < 4.78 is 17.7. The summed E-state index contributed by atoms with van der Waals surface area (Å²) in [4.78, 5) is 11.3. The van der Waals surface area contributed by atoms with Crippen molar-refractivity contribution in [3.8, 4) is 0 Å². The molecule has 0 unspecified atom stereocenters. The van der Waals surface area contributed by atoms with Crippen LogP contribution in [-0.2, 0) is 18.4 Å². The Morgan fingerprint density at radius 3 is 1.91 bits per heavy atom. The SMILES string of the molecule is C=C(C)C(=O)OCCC[Si]C(C)(O[Si](C)(C)C)O[Si](C)(C)C. The van der Waals surface area contributed by atoms with E-state index in [1.165, 1.54) is 0 Å². The molecule has 0 rings (SSSR count). The van der Waals surface area contributed by atoms with E-state index in [2.05, 4.69) is 52.8 Å². The highest BCUT2D eigenvalue weighted by molar-refractivity contribution is 6.72. The van der Waals surface area contributed by atoms with Crippen molar-refractivity contribution in [2.45, 2.75) is 71.0 Å². The van der Waals surface area contributed by atoms with E-state index >= 15 is 0 Å². The molecule has 7 heteroatoms. The average Bonchev–Trinajstić information content (AvgIpc) is 2.22. The van der Waals surface area contributed by atoms with Gasteiger partial charge in [0.15, 0.2) is 16.6 Å². The van der Waals surface area contributed by atoms with Gasteiger partial charge >= 0.3 is 5.97 Å². The Morgan fingerprint density at radius 2 is 1.55 bits per heavy atom. The summed E-state index contributed by atoms with van der Waals surface area (Å²) in [5.74, 6) is -0.317. The highest BCUT2D eigenvalue weighted by Gasteiger charge is 2.36. The zero-order chi connectivity index (χ0) is 17.6. The Balaban J connectivity index is 4.42. The molecule has 0 aromatic carbocycles. The molecule has 22 heavy (non-hydrogen) atoms. The first-order valence-electron chi connectivity index (χ1n) is 7.72. The first kappa shape index (κ1) is 21.8. The van der Waals surface area contributed by atoms with Gasteiger partial charge in [0, 0.05) is 5.57 Å². The summed E-state index contributed by atoms with van der Waals surface area (Å²) >= 11 is 0. The molecule has 0 aromatic rings. The van der Waals surface area contributed by atoms with E-state index in [0.717, 1.165) is 12.5 Å². The zero-order valence-corrected chi connectivity index (χ0v) is 18.5. The molecule has 4 nitrogen and oxygen atoms in total. The summed E-state index contributed by atoms with van der Waals surface area (Å²) in [6.07, 6.45) is 0.817. The van der Waals surface area contributed by atoms with Crippen molar-refractivity contribution in [2.75, 3.05) is 6.61 Å². The molecule has 0 aromatic heterocycles. The molecule has 0 amide bonds. The van der Waals surface area contributed by atoms with Crippen LogP contribution in [0.2, 0.25) is 45.3 Å². The Morgan fingerprint density at radius 1 is 1.09 bits per heavy atom. The zero-order valence-electron chi connectivity index (χ0n) is 15.5. The maximum Gasteiger partial charge on any atom is 0.333 e. The van der Waals surface area contributed by atoms with Gasteiger partial charge in [-0.25, -0.2) is 4.79 Å². The molecule has 0 N–H and O–H groups in total. The summed E-state index contributed by atoms with van der Waals surface area (Å²) in [5, 5.41) is 0. The number of carbonyl (C=O) groups is 1. The molecule has 0 saturated heterocycles. The van der Waals surface area contributed by atoms with Gasteiger partial charge in [-0.3, -0.25) is 0 Å². The molecule has 0 aliphatic rings. The van der Waals surface area contributed by atoms with Crippen molar-refractivity contribution in [3.05, 3.63) is 12.2 Å². The molecule has 0 aliphatic heterocycles. The number of ether oxygens (including phenoxy) is 1. The average molecular weight is 361 g/mol. The van der Waals surface area contributed by atoms with Gasteiger partial charge in [0.25, 0.3) is 0 Å². The van der Waals surface area contributed by atoms with Crippen molar-refractivity contribution in [1.82, 2.24) is 0 Å². The predicted octanol–water partition coefficient (Wildman–Crippen LogP) is 4.00. The second-order valence-electron chi connectivity index (χ2n) is 7.57. The topological polar surface area (TPSA) is 44.8 Å². The Labute approximate surface area is 140 Å². The molecule has 0 heterocycles. The number of rotatable bonds is 10. The Hall–Kier alpha value is -0.219. The lowest BCUT2D eigenvalue weighted by molar-refractivity contribution is -0.138. The minimum Gasteiger partial charge on any atom is -0.462 e. The largest absolute Gasteiger partial charge is 0.462 e. The molecule has 0 bridgehead atoms. The van der Waals surface area contributed by atoms with Crippen LogP contribution in [-0.4, -0.2) is 44.1 Å². The maximum atomic E-state index is 11.3. The highest BCUT2D eigenvalue weighted by atomic mass is 28.4. The van der Waals surface area contributed by atoms with Gasteiger partial charge in [-0.05, 0) is 59.6 Å². The molecule has 0 fully saturated rings. The molecule has 0 saturated carbocycles. The Bertz CT molecular complexity index is 367. The summed E-state index contributed by atoms with van der Waals surface area (Å²) in [6.45, 7) is 20.8. The van der Waals surface area contributed by atoms with Crippen molar-refractivity contribution < 1.29 is 18.4 Å². The van der Waals surface area contributed by atoms with Gasteiger partial charge in [-0.1, -0.05) is 12.6 Å². The quantitative estimate of drug-likeness (QED) is 0.194. The number of esters is 1. The summed E-state index contributed by atoms with van der Waals surface area (Å²) in [6, 6.07) is 0.926. The van der Waals surface area contributed by atoms with E-state index < -0.39 is 22.0 Å². The van der Waals surface area contributed by atoms with Gasteiger partial charge in [0.1, 0.15) is 14.9 Å². The van der Waals surface area contributed by atoms with E-state index in [1.807, 2.05) is 0 Å². The smallest absolute Gasteiger partial charge is 0.333 e. The molecule has 0 spiro atoms. The standard InChI is InChI=1S/C15H32O4Si3/c1-13(2)14(16)17-11-10-12-20-15(3,18-21(4,5)6)19-22(7,8)9/h1,10-12H2,2-9H3. The second kappa shape index (κ2) is 8.58. The van der Waals surface area contributed by atoms with E-state index in [0.29, 0.717) is 21.7 Å². The van der Waals surface area contributed by atoms with Crippen molar-refractivity contribution >= 4 is 32.1 Å². The van der Waals surface area contributed by atoms with Crippen molar-refractivity contribution in [1.29, 1.82) is 0 Å². The maximum absolute atomic E-state index is 11.3. The van der Waals surface area contributed by atoms with Crippen LogP contribution in [0, 0.1) is 0 Å². The van der Waals surface area contributed by atoms with Crippen LogP contribution in [0.15, 0.2) is 12.2 Å². The van der Waals surface area contributed by atoms with Crippen molar-refractivity contribution in [2.24, 2.45) is 0 Å². The van der Waals surface area contributed by atoms with Crippen LogP contribution in [0.3, 0.4) is 0 Å². The highest BCUT2D eigenvalue weighted by Crippen LogP contribution is 2.24. The van der Waals surface area contributed by atoms with Crippen LogP contribution in [0.25, 0.3) is 0 Å². The fourth-order valence-corrected chi connectivity index (χ4v) is 7.63. The molecule has 0 atom stereocenters. The van der Waals surface area contributed by atoms with Gasteiger partial charge in [-0.2, -0.15) is 0 Å². The molecular formula is C15H32O4Si3. The lowest BCUT2D eigenvalue weighted by atomic mass is 10.4. The third-order valence-electron chi connectivity index (χ3n) is 2.35. The molecule has 128 valence electrons. The van der Waals surface area contributed by atoms with E-state index in [-0.39, 0.29) is 5.97 Å².